The third-order valence-corrected chi connectivity index (χ3v) is 1.92. The molecule has 1 heterocycles. The van der Waals surface area contributed by atoms with Crippen molar-refractivity contribution < 1.29 is 24.5 Å². The normalized spacial score (nSPS) is 12.9. The van der Waals surface area contributed by atoms with Gasteiger partial charge in [0.2, 0.25) is 6.79 Å². The Labute approximate surface area is 79.5 Å². The number of hydrogen-bond acceptors (Lipinski definition) is 4. The van der Waals surface area contributed by atoms with Crippen LogP contribution in [0, 0.1) is 0 Å². The molecule has 0 unspecified atom stereocenters. The molecule has 1 aliphatic rings. The minimum Gasteiger partial charge on any atom is -0.508 e. The van der Waals surface area contributed by atoms with Gasteiger partial charge in [-0.05, 0) is 6.07 Å². The van der Waals surface area contributed by atoms with Crippen molar-refractivity contribution in [3.63, 3.8) is 0 Å². The number of aromatic hydroxyl groups is 1. The Morgan fingerprint density at radius 3 is 2.64 bits per heavy atom. The van der Waals surface area contributed by atoms with Crippen LogP contribution < -0.4 is 9.47 Å². The van der Waals surface area contributed by atoms with Gasteiger partial charge in [-0.3, -0.25) is 4.79 Å². The Morgan fingerprint density at radius 2 is 2.00 bits per heavy atom. The van der Waals surface area contributed by atoms with E-state index in [9.17, 15) is 9.90 Å². The number of phenols is 1. The van der Waals surface area contributed by atoms with Crippen LogP contribution in [0.1, 0.15) is 5.56 Å². The summed E-state index contributed by atoms with van der Waals surface area (Å²) >= 11 is 0. The monoisotopic (exact) mass is 196 g/mol. The molecular weight excluding hydrogens is 188 g/mol. The predicted octanol–water partition coefficient (Wildman–Crippen LogP) is 0.748. The molecule has 0 aliphatic carbocycles. The molecule has 1 aromatic rings. The van der Waals surface area contributed by atoms with Crippen molar-refractivity contribution in [1.82, 2.24) is 0 Å². The summed E-state index contributed by atoms with van der Waals surface area (Å²) in [6.07, 6.45) is -0.234. The lowest BCUT2D eigenvalue weighted by Gasteiger charge is -2.03. The maximum atomic E-state index is 10.4. The van der Waals surface area contributed by atoms with Crippen molar-refractivity contribution >= 4 is 5.97 Å². The van der Waals surface area contributed by atoms with Crippen LogP contribution in [0.2, 0.25) is 0 Å². The fourth-order valence-corrected chi connectivity index (χ4v) is 1.28. The second-order valence-corrected chi connectivity index (χ2v) is 2.90. The molecule has 2 N–H and O–H groups in total. The first-order valence-electron chi connectivity index (χ1n) is 4.00. The Bertz CT molecular complexity index is 385. The summed E-state index contributed by atoms with van der Waals surface area (Å²) in [5.41, 5.74) is 0.321. The van der Waals surface area contributed by atoms with E-state index in [-0.39, 0.29) is 19.0 Å². The number of phenolic OH excluding ortho intramolecular Hbond substituents is 1. The largest absolute Gasteiger partial charge is 0.508 e. The number of hydrogen-bond donors (Lipinski definition) is 2. The van der Waals surface area contributed by atoms with Gasteiger partial charge in [-0.15, -0.1) is 0 Å². The van der Waals surface area contributed by atoms with Gasteiger partial charge >= 0.3 is 5.97 Å². The number of fused-ring (bicyclic) bond motifs is 1. The fraction of sp³-hybridized carbons (Fsp3) is 0.222. The van der Waals surface area contributed by atoms with Crippen molar-refractivity contribution in [2.45, 2.75) is 6.42 Å². The van der Waals surface area contributed by atoms with Crippen LogP contribution in [0.25, 0.3) is 0 Å². The highest BCUT2D eigenvalue weighted by Crippen LogP contribution is 2.37. The molecule has 5 nitrogen and oxygen atoms in total. The first kappa shape index (κ1) is 8.68. The minimum atomic E-state index is -1.00. The van der Waals surface area contributed by atoms with Crippen LogP contribution in [-0.4, -0.2) is 23.0 Å². The minimum absolute atomic E-state index is 0.0864. The zero-order valence-electron chi connectivity index (χ0n) is 7.19. The van der Waals surface area contributed by atoms with Gasteiger partial charge in [0.1, 0.15) is 5.75 Å². The number of carboxylic acids is 1. The molecule has 0 saturated carbocycles. The van der Waals surface area contributed by atoms with E-state index in [4.69, 9.17) is 14.6 Å². The third-order valence-electron chi connectivity index (χ3n) is 1.92. The Balaban J connectivity index is 2.37. The fourth-order valence-electron chi connectivity index (χ4n) is 1.28. The van der Waals surface area contributed by atoms with Gasteiger partial charge in [0.25, 0.3) is 0 Å². The first-order chi connectivity index (χ1) is 6.66. The molecule has 5 heteroatoms. The highest BCUT2D eigenvalue weighted by molar-refractivity contribution is 5.72. The van der Waals surface area contributed by atoms with E-state index in [1.807, 2.05) is 0 Å². The molecular formula is C9H8O5. The summed E-state index contributed by atoms with van der Waals surface area (Å²) in [5, 5.41) is 18.0. The number of carboxylic acid groups (broad SMARTS) is 1. The molecule has 74 valence electrons. The van der Waals surface area contributed by atoms with Crippen molar-refractivity contribution in [3.05, 3.63) is 17.7 Å². The third kappa shape index (κ3) is 1.44. The van der Waals surface area contributed by atoms with Crippen LogP contribution in [0.15, 0.2) is 12.1 Å². The standard InChI is InChI=1S/C9H8O5/c10-6-3-8-7(13-4-14-8)1-5(6)2-9(11)12/h1,3,10H,2,4H2,(H,11,12). The van der Waals surface area contributed by atoms with Crippen molar-refractivity contribution in [1.29, 1.82) is 0 Å². The van der Waals surface area contributed by atoms with Gasteiger partial charge in [0.15, 0.2) is 11.5 Å². The van der Waals surface area contributed by atoms with Gasteiger partial charge < -0.3 is 19.7 Å². The number of carbonyl (C=O) groups is 1. The van der Waals surface area contributed by atoms with Crippen molar-refractivity contribution in [3.8, 4) is 17.2 Å². The van der Waals surface area contributed by atoms with Crippen molar-refractivity contribution in [2.75, 3.05) is 6.79 Å². The second-order valence-electron chi connectivity index (χ2n) is 2.90. The van der Waals surface area contributed by atoms with Gasteiger partial charge in [-0.25, -0.2) is 0 Å². The highest BCUT2D eigenvalue weighted by Gasteiger charge is 2.17. The molecule has 1 aliphatic heterocycles. The predicted molar refractivity (Wildman–Crippen MR) is 45.6 cm³/mol. The number of benzene rings is 1. The molecule has 0 bridgehead atoms. The molecule has 0 amide bonds. The quantitative estimate of drug-likeness (QED) is 0.729. The van der Waals surface area contributed by atoms with Crippen LogP contribution in [0.3, 0.4) is 0 Å². The van der Waals surface area contributed by atoms with E-state index in [1.54, 1.807) is 0 Å². The second kappa shape index (κ2) is 3.10. The molecule has 1 aromatic carbocycles. The number of aliphatic carboxylic acids is 1. The van der Waals surface area contributed by atoms with E-state index in [0.29, 0.717) is 17.1 Å². The van der Waals surface area contributed by atoms with Crippen molar-refractivity contribution in [2.24, 2.45) is 0 Å². The lowest BCUT2D eigenvalue weighted by atomic mass is 10.1. The Morgan fingerprint density at radius 1 is 1.36 bits per heavy atom. The van der Waals surface area contributed by atoms with Gasteiger partial charge in [0.05, 0.1) is 6.42 Å². The molecule has 0 fully saturated rings. The molecule has 0 aromatic heterocycles. The Hall–Kier alpha value is -1.91. The van der Waals surface area contributed by atoms with E-state index >= 15 is 0 Å². The average molecular weight is 196 g/mol. The van der Waals surface area contributed by atoms with Gasteiger partial charge in [0, 0.05) is 11.6 Å². The zero-order valence-corrected chi connectivity index (χ0v) is 7.19. The van der Waals surface area contributed by atoms with E-state index in [2.05, 4.69) is 0 Å². The van der Waals surface area contributed by atoms with Crippen LogP contribution >= 0.6 is 0 Å². The number of ether oxygens (including phenoxy) is 2. The summed E-state index contributed by atoms with van der Waals surface area (Å²) in [6, 6.07) is 2.84. The SMILES string of the molecule is O=C(O)Cc1cc2c(cc1O)OCO2. The molecule has 0 spiro atoms. The van der Waals surface area contributed by atoms with E-state index < -0.39 is 5.97 Å². The summed E-state index contributed by atoms with van der Waals surface area (Å²) in [4.78, 5) is 10.4. The molecule has 0 saturated heterocycles. The molecule has 0 atom stereocenters. The average Bonchev–Trinajstić information content (AvgIpc) is 2.51. The lowest BCUT2D eigenvalue weighted by Crippen LogP contribution is -2.00. The summed E-state index contributed by atoms with van der Waals surface area (Å²) in [7, 11) is 0. The maximum Gasteiger partial charge on any atom is 0.307 e. The molecule has 14 heavy (non-hydrogen) atoms. The lowest BCUT2D eigenvalue weighted by molar-refractivity contribution is -0.136. The topological polar surface area (TPSA) is 76.0 Å². The first-order valence-corrected chi connectivity index (χ1v) is 4.00. The number of rotatable bonds is 2. The summed E-state index contributed by atoms with van der Waals surface area (Å²) in [6.45, 7) is 0.102. The van der Waals surface area contributed by atoms with Gasteiger partial charge in [-0.1, -0.05) is 0 Å². The molecule has 2 rings (SSSR count). The Kier molecular flexibility index (Phi) is 1.92. The molecule has 0 radical (unpaired) electrons. The van der Waals surface area contributed by atoms with Crippen LogP contribution in [0.4, 0.5) is 0 Å². The zero-order chi connectivity index (χ0) is 10.1. The summed E-state index contributed by atoms with van der Waals surface area (Å²) in [5.74, 6) is -0.175. The van der Waals surface area contributed by atoms with Crippen LogP contribution in [0.5, 0.6) is 17.2 Å². The smallest absolute Gasteiger partial charge is 0.307 e. The van der Waals surface area contributed by atoms with Gasteiger partial charge in [-0.2, -0.15) is 0 Å². The highest BCUT2D eigenvalue weighted by atomic mass is 16.7. The van der Waals surface area contributed by atoms with E-state index in [1.165, 1.54) is 12.1 Å². The maximum absolute atomic E-state index is 10.4. The van der Waals surface area contributed by atoms with E-state index in [0.717, 1.165) is 0 Å². The summed E-state index contributed by atoms with van der Waals surface area (Å²) < 4.78 is 10.1. The van der Waals surface area contributed by atoms with Crippen LogP contribution in [-0.2, 0) is 11.2 Å².